The average molecular weight is 402 g/mol. The van der Waals surface area contributed by atoms with E-state index in [1.54, 1.807) is 29.6 Å². The minimum absolute atomic E-state index is 0.282. The smallest absolute Gasteiger partial charge is 0.300 e. The molecule has 0 aliphatic rings. The molecule has 0 radical (unpaired) electrons. The Labute approximate surface area is 159 Å². The number of rotatable bonds is 5. The van der Waals surface area contributed by atoms with Crippen LogP contribution < -0.4 is 11.0 Å². The number of benzene rings is 1. The second-order valence-corrected chi connectivity index (χ2v) is 7.16. The van der Waals surface area contributed by atoms with Crippen LogP contribution in [0.5, 0.6) is 0 Å². The quantitative estimate of drug-likeness (QED) is 0.553. The van der Waals surface area contributed by atoms with E-state index >= 15 is 0 Å². The number of carbonyl (C=O) groups is 1. The van der Waals surface area contributed by atoms with Crippen LogP contribution >= 0.6 is 22.7 Å². The Morgan fingerprint density at radius 1 is 1.15 bits per heavy atom. The summed E-state index contributed by atoms with van der Waals surface area (Å²) in [5, 5.41) is 14.7. The minimum Gasteiger partial charge on any atom is -0.300 e. The third-order valence-corrected chi connectivity index (χ3v) is 5.14. The summed E-state index contributed by atoms with van der Waals surface area (Å²) in [6.45, 7) is -0.282. The molecule has 0 unspecified atom stereocenters. The van der Waals surface area contributed by atoms with E-state index in [0.717, 1.165) is 14.9 Å². The lowest BCUT2D eigenvalue weighted by Crippen LogP contribution is -2.29. The Kier molecular flexibility index (Phi) is 4.60. The highest BCUT2D eigenvalue weighted by molar-refractivity contribution is 7.14. The van der Waals surface area contributed by atoms with Gasteiger partial charge in [0.1, 0.15) is 17.4 Å². The van der Waals surface area contributed by atoms with Gasteiger partial charge in [-0.25, -0.2) is 14.2 Å². The normalized spacial score (nSPS) is 10.9. The Hall–Kier alpha value is -3.18. The van der Waals surface area contributed by atoms with Crippen LogP contribution in [0, 0.1) is 5.82 Å². The maximum absolute atomic E-state index is 13.0. The highest BCUT2D eigenvalue weighted by Crippen LogP contribution is 2.25. The SMILES string of the molecule is O=C(Cn1nnn(-c2cccs2)c1=O)Nc1nc(-c2ccc(F)cc2)cs1. The van der Waals surface area contributed by atoms with Crippen molar-refractivity contribution in [3.05, 3.63) is 63.5 Å². The summed E-state index contributed by atoms with van der Waals surface area (Å²) in [5.41, 5.74) is 0.859. The molecule has 0 aliphatic heterocycles. The van der Waals surface area contributed by atoms with Crippen LogP contribution in [0.1, 0.15) is 0 Å². The molecule has 0 fully saturated rings. The number of nitrogens with one attached hydrogen (secondary N) is 1. The van der Waals surface area contributed by atoms with Gasteiger partial charge < -0.3 is 5.32 Å². The lowest BCUT2D eigenvalue weighted by atomic mass is 10.2. The van der Waals surface area contributed by atoms with Gasteiger partial charge in [0.2, 0.25) is 5.91 Å². The Morgan fingerprint density at radius 2 is 1.96 bits per heavy atom. The molecule has 3 heterocycles. The van der Waals surface area contributed by atoms with E-state index in [1.165, 1.54) is 34.8 Å². The summed E-state index contributed by atoms with van der Waals surface area (Å²) < 4.78 is 15.1. The van der Waals surface area contributed by atoms with Crippen molar-refractivity contribution in [2.45, 2.75) is 6.54 Å². The van der Waals surface area contributed by atoms with Crippen molar-refractivity contribution in [3.63, 3.8) is 0 Å². The van der Waals surface area contributed by atoms with Crippen molar-refractivity contribution < 1.29 is 9.18 Å². The molecule has 1 aromatic carbocycles. The van der Waals surface area contributed by atoms with Crippen LogP contribution in [0.3, 0.4) is 0 Å². The molecule has 1 amide bonds. The van der Waals surface area contributed by atoms with Crippen molar-refractivity contribution in [2.75, 3.05) is 5.32 Å². The van der Waals surface area contributed by atoms with Gasteiger partial charge in [0, 0.05) is 10.9 Å². The van der Waals surface area contributed by atoms with Gasteiger partial charge in [-0.05, 0) is 52.2 Å². The molecule has 0 spiro atoms. The van der Waals surface area contributed by atoms with Gasteiger partial charge in [0.05, 0.1) is 5.69 Å². The number of hydrogen-bond acceptors (Lipinski definition) is 7. The average Bonchev–Trinajstić information content (AvgIpc) is 3.39. The maximum atomic E-state index is 13.0. The first-order chi connectivity index (χ1) is 13.1. The molecule has 0 saturated heterocycles. The Morgan fingerprint density at radius 3 is 2.70 bits per heavy atom. The molecular formula is C16H11FN6O2S2. The number of carbonyl (C=O) groups excluding carboxylic acids is 1. The van der Waals surface area contributed by atoms with Gasteiger partial charge >= 0.3 is 5.69 Å². The molecule has 136 valence electrons. The topological polar surface area (TPSA) is 94.7 Å². The van der Waals surface area contributed by atoms with Gasteiger partial charge in [0.25, 0.3) is 0 Å². The monoisotopic (exact) mass is 402 g/mol. The summed E-state index contributed by atoms with van der Waals surface area (Å²) in [4.78, 5) is 28.7. The molecule has 4 rings (SSSR count). The molecule has 8 nitrogen and oxygen atoms in total. The second-order valence-electron chi connectivity index (χ2n) is 5.38. The van der Waals surface area contributed by atoms with E-state index in [0.29, 0.717) is 15.8 Å². The molecule has 0 bridgehead atoms. The Balaban J connectivity index is 1.45. The van der Waals surface area contributed by atoms with Gasteiger partial charge in [-0.1, -0.05) is 0 Å². The number of tetrazole rings is 1. The Bertz CT molecular complexity index is 1130. The van der Waals surface area contributed by atoms with Gasteiger partial charge in [-0.2, -0.15) is 9.36 Å². The first kappa shape index (κ1) is 17.2. The van der Waals surface area contributed by atoms with Crippen molar-refractivity contribution in [3.8, 4) is 16.3 Å². The number of nitrogens with zero attached hydrogens (tertiary/aromatic N) is 5. The molecule has 27 heavy (non-hydrogen) atoms. The molecule has 0 atom stereocenters. The zero-order valence-corrected chi connectivity index (χ0v) is 15.2. The zero-order valence-electron chi connectivity index (χ0n) is 13.6. The molecule has 0 aliphatic carbocycles. The van der Waals surface area contributed by atoms with Gasteiger partial charge in [-0.3, -0.25) is 4.79 Å². The molecular weight excluding hydrogens is 391 g/mol. The molecule has 3 aromatic heterocycles. The van der Waals surface area contributed by atoms with Crippen molar-refractivity contribution >= 4 is 33.7 Å². The first-order valence-electron chi connectivity index (χ1n) is 7.68. The summed E-state index contributed by atoms with van der Waals surface area (Å²) in [6, 6.07) is 9.43. The predicted octanol–water partition coefficient (Wildman–Crippen LogP) is 2.39. The lowest BCUT2D eigenvalue weighted by molar-refractivity contribution is -0.117. The van der Waals surface area contributed by atoms with Gasteiger partial charge in [0.15, 0.2) is 5.13 Å². The minimum atomic E-state index is -0.501. The number of thiophene rings is 1. The highest BCUT2D eigenvalue weighted by Gasteiger charge is 2.14. The van der Waals surface area contributed by atoms with E-state index in [2.05, 4.69) is 20.7 Å². The third kappa shape index (κ3) is 3.68. The van der Waals surface area contributed by atoms with E-state index in [9.17, 15) is 14.0 Å². The van der Waals surface area contributed by atoms with Crippen molar-refractivity contribution in [1.82, 2.24) is 24.8 Å². The number of hydrogen-bond donors (Lipinski definition) is 1. The second kappa shape index (κ2) is 7.21. The van der Waals surface area contributed by atoms with Gasteiger partial charge in [-0.15, -0.1) is 22.7 Å². The highest BCUT2D eigenvalue weighted by atomic mass is 32.1. The number of anilines is 1. The fourth-order valence-electron chi connectivity index (χ4n) is 2.28. The maximum Gasteiger partial charge on any atom is 0.369 e. The van der Waals surface area contributed by atoms with E-state index < -0.39 is 11.6 Å². The largest absolute Gasteiger partial charge is 0.369 e. The van der Waals surface area contributed by atoms with Crippen LogP contribution in [0.15, 0.2) is 52.0 Å². The standard InChI is InChI=1S/C16H11FN6O2S2/c17-11-5-3-10(4-6-11)12-9-27-15(18-12)19-13(24)8-22-16(25)23(21-20-22)14-2-1-7-26-14/h1-7,9H,8H2,(H,18,19,24). The fraction of sp³-hybridized carbons (Fsp3) is 0.0625. The number of halogens is 1. The predicted molar refractivity (Wildman–Crippen MR) is 99.6 cm³/mol. The van der Waals surface area contributed by atoms with Crippen LogP contribution in [0.4, 0.5) is 9.52 Å². The van der Waals surface area contributed by atoms with E-state index in [1.807, 2.05) is 5.38 Å². The van der Waals surface area contributed by atoms with E-state index in [4.69, 9.17) is 0 Å². The molecule has 1 N–H and O–H groups in total. The summed E-state index contributed by atoms with van der Waals surface area (Å²) in [5.74, 6) is -0.779. The van der Waals surface area contributed by atoms with Crippen LogP contribution in [0.2, 0.25) is 0 Å². The number of amides is 1. The van der Waals surface area contributed by atoms with Crippen LogP contribution in [-0.2, 0) is 11.3 Å². The molecule has 4 aromatic rings. The number of thiazole rings is 1. The molecule has 11 heteroatoms. The van der Waals surface area contributed by atoms with Crippen molar-refractivity contribution in [2.24, 2.45) is 0 Å². The van der Waals surface area contributed by atoms with E-state index in [-0.39, 0.29) is 12.4 Å². The first-order valence-corrected chi connectivity index (χ1v) is 9.44. The third-order valence-electron chi connectivity index (χ3n) is 3.54. The fourth-order valence-corrected chi connectivity index (χ4v) is 3.69. The number of aromatic nitrogens is 5. The summed E-state index contributed by atoms with van der Waals surface area (Å²) >= 11 is 2.57. The zero-order chi connectivity index (χ0) is 18.8. The van der Waals surface area contributed by atoms with Crippen LogP contribution in [0.25, 0.3) is 16.3 Å². The lowest BCUT2D eigenvalue weighted by Gasteiger charge is -2.00. The molecule has 0 saturated carbocycles. The summed E-state index contributed by atoms with van der Waals surface area (Å²) in [6.07, 6.45) is 0. The van der Waals surface area contributed by atoms with Crippen molar-refractivity contribution in [1.29, 1.82) is 0 Å². The summed E-state index contributed by atoms with van der Waals surface area (Å²) in [7, 11) is 0. The van der Waals surface area contributed by atoms with Crippen LogP contribution in [-0.4, -0.2) is 30.7 Å².